The first-order chi connectivity index (χ1) is 4.20. The van der Waals surface area contributed by atoms with Gasteiger partial charge >= 0.3 is 0 Å². The van der Waals surface area contributed by atoms with Crippen LogP contribution < -0.4 is 0 Å². The summed E-state index contributed by atoms with van der Waals surface area (Å²) in [6.07, 6.45) is 1.01. The van der Waals surface area contributed by atoms with Gasteiger partial charge in [-0.2, -0.15) is 5.10 Å². The zero-order valence-corrected chi connectivity index (χ0v) is 6.22. The van der Waals surface area contributed by atoms with E-state index in [-0.39, 0.29) is 0 Å². The van der Waals surface area contributed by atoms with Crippen LogP contribution in [0.2, 0.25) is 0 Å². The van der Waals surface area contributed by atoms with E-state index in [0.29, 0.717) is 0 Å². The molecule has 0 aromatic heterocycles. The number of likely N-dealkylation sites (N-methyl/N-ethyl adjacent to an activating group) is 1. The zero-order valence-electron chi connectivity index (χ0n) is 6.22. The van der Waals surface area contributed by atoms with Gasteiger partial charge in [-0.15, -0.1) is 0 Å². The maximum atomic E-state index is 3.83. The molecule has 0 N–H and O–H groups in total. The standard InChI is InChI=1S/C7H14N2/c1-5-7(2)6-9(4)8-3/h2-3,5-6H2,1,4H3. The lowest BCUT2D eigenvalue weighted by molar-refractivity contribution is 0.386. The number of rotatable bonds is 4. The second kappa shape index (κ2) is 4.13. The molecular formula is C7H14N2. The van der Waals surface area contributed by atoms with E-state index in [1.54, 1.807) is 5.01 Å². The summed E-state index contributed by atoms with van der Waals surface area (Å²) >= 11 is 0. The summed E-state index contributed by atoms with van der Waals surface area (Å²) in [5.74, 6) is 0. The average Bonchev–Trinajstić information content (AvgIpc) is 1.87. The lowest BCUT2D eigenvalue weighted by Crippen LogP contribution is -2.12. The first-order valence-electron chi connectivity index (χ1n) is 3.05. The molecule has 0 bridgehead atoms. The summed E-state index contributed by atoms with van der Waals surface area (Å²) in [4.78, 5) is 0. The van der Waals surface area contributed by atoms with Gasteiger partial charge in [0.05, 0.1) is 6.54 Å². The predicted octanol–water partition coefficient (Wildman–Crippen LogP) is 1.50. The molecule has 0 aromatic rings. The molecule has 2 nitrogen and oxygen atoms in total. The summed E-state index contributed by atoms with van der Waals surface area (Å²) in [6, 6.07) is 0. The van der Waals surface area contributed by atoms with E-state index >= 15 is 0 Å². The minimum Gasteiger partial charge on any atom is -0.297 e. The van der Waals surface area contributed by atoms with E-state index in [1.165, 1.54) is 5.57 Å². The summed E-state index contributed by atoms with van der Waals surface area (Å²) in [6.45, 7) is 10.1. The van der Waals surface area contributed by atoms with E-state index < -0.39 is 0 Å². The average molecular weight is 126 g/mol. The molecule has 52 valence electrons. The first-order valence-corrected chi connectivity index (χ1v) is 3.05. The topological polar surface area (TPSA) is 15.6 Å². The van der Waals surface area contributed by atoms with Crippen molar-refractivity contribution in [1.29, 1.82) is 0 Å². The normalized spacial score (nSPS) is 8.67. The highest BCUT2D eigenvalue weighted by atomic mass is 15.4. The molecule has 0 radical (unpaired) electrons. The highest BCUT2D eigenvalue weighted by Gasteiger charge is 1.92. The number of hydrazone groups is 1. The molecule has 0 saturated carbocycles. The molecule has 0 aliphatic rings. The van der Waals surface area contributed by atoms with Crippen LogP contribution in [0.25, 0.3) is 0 Å². The second-order valence-electron chi connectivity index (χ2n) is 2.06. The smallest absolute Gasteiger partial charge is 0.0564 e. The molecule has 0 aliphatic heterocycles. The highest BCUT2D eigenvalue weighted by molar-refractivity contribution is 5.22. The molecule has 0 atom stereocenters. The van der Waals surface area contributed by atoms with Crippen molar-refractivity contribution in [3.8, 4) is 0 Å². The predicted molar refractivity (Wildman–Crippen MR) is 41.6 cm³/mol. The van der Waals surface area contributed by atoms with Crippen LogP contribution in [-0.4, -0.2) is 25.3 Å². The third-order valence-electron chi connectivity index (χ3n) is 1.19. The summed E-state index contributed by atoms with van der Waals surface area (Å²) in [5, 5.41) is 5.47. The van der Waals surface area contributed by atoms with E-state index in [2.05, 4.69) is 25.3 Å². The molecule has 0 rings (SSSR count). The Morgan fingerprint density at radius 1 is 1.67 bits per heavy atom. The summed E-state index contributed by atoms with van der Waals surface area (Å²) in [7, 11) is 1.88. The monoisotopic (exact) mass is 126 g/mol. The molecule has 9 heavy (non-hydrogen) atoms. The van der Waals surface area contributed by atoms with Gasteiger partial charge in [-0.25, -0.2) is 0 Å². The van der Waals surface area contributed by atoms with Gasteiger partial charge in [0.15, 0.2) is 0 Å². The van der Waals surface area contributed by atoms with Gasteiger partial charge in [0.2, 0.25) is 0 Å². The van der Waals surface area contributed by atoms with Crippen LogP contribution in [0.3, 0.4) is 0 Å². The van der Waals surface area contributed by atoms with Crippen molar-refractivity contribution in [3.63, 3.8) is 0 Å². The van der Waals surface area contributed by atoms with Gasteiger partial charge in [0.25, 0.3) is 0 Å². The number of hydrogen-bond donors (Lipinski definition) is 0. The highest BCUT2D eigenvalue weighted by Crippen LogP contribution is 1.97. The maximum absolute atomic E-state index is 3.83. The lowest BCUT2D eigenvalue weighted by atomic mass is 10.2. The fraction of sp³-hybridized carbons (Fsp3) is 0.571. The molecule has 0 spiro atoms. The van der Waals surface area contributed by atoms with Crippen molar-refractivity contribution in [2.24, 2.45) is 5.10 Å². The Bertz CT molecular complexity index is 107. The Morgan fingerprint density at radius 3 is 2.56 bits per heavy atom. The Kier molecular flexibility index (Phi) is 3.76. The molecular weight excluding hydrogens is 112 g/mol. The van der Waals surface area contributed by atoms with Crippen molar-refractivity contribution in [3.05, 3.63) is 12.2 Å². The van der Waals surface area contributed by atoms with Gasteiger partial charge in [-0.05, 0) is 6.42 Å². The van der Waals surface area contributed by atoms with Crippen LogP contribution in [0.1, 0.15) is 13.3 Å². The van der Waals surface area contributed by atoms with Gasteiger partial charge < -0.3 is 0 Å². The largest absolute Gasteiger partial charge is 0.297 e. The van der Waals surface area contributed by atoms with E-state index in [9.17, 15) is 0 Å². The maximum Gasteiger partial charge on any atom is 0.0564 e. The van der Waals surface area contributed by atoms with E-state index in [1.807, 2.05) is 7.05 Å². The van der Waals surface area contributed by atoms with E-state index in [4.69, 9.17) is 0 Å². The van der Waals surface area contributed by atoms with Crippen LogP contribution in [0, 0.1) is 0 Å². The fourth-order valence-corrected chi connectivity index (χ4v) is 0.485. The van der Waals surface area contributed by atoms with Gasteiger partial charge in [-0.1, -0.05) is 19.1 Å². The third kappa shape index (κ3) is 3.76. The molecule has 2 heteroatoms. The van der Waals surface area contributed by atoms with Crippen molar-refractivity contribution in [2.75, 3.05) is 13.6 Å². The SMILES string of the molecule is C=NN(C)CC(=C)CC. The minimum absolute atomic E-state index is 0.819. The Balaban J connectivity index is 3.46. The molecule has 0 heterocycles. The van der Waals surface area contributed by atoms with Crippen molar-refractivity contribution in [2.45, 2.75) is 13.3 Å². The summed E-state index contributed by atoms with van der Waals surface area (Å²) in [5.41, 5.74) is 1.19. The lowest BCUT2D eigenvalue weighted by Gasteiger charge is -2.11. The molecule has 0 saturated heterocycles. The minimum atomic E-state index is 0.819. The Labute approximate surface area is 56.9 Å². The summed E-state index contributed by atoms with van der Waals surface area (Å²) < 4.78 is 0. The molecule has 0 fully saturated rings. The first kappa shape index (κ1) is 8.21. The Hall–Kier alpha value is -0.790. The zero-order chi connectivity index (χ0) is 7.28. The van der Waals surface area contributed by atoms with Crippen LogP contribution >= 0.6 is 0 Å². The fourth-order valence-electron chi connectivity index (χ4n) is 0.485. The number of nitrogens with zero attached hydrogens (tertiary/aromatic N) is 2. The van der Waals surface area contributed by atoms with Crippen LogP contribution in [0.4, 0.5) is 0 Å². The second-order valence-corrected chi connectivity index (χ2v) is 2.06. The third-order valence-corrected chi connectivity index (χ3v) is 1.19. The van der Waals surface area contributed by atoms with Crippen LogP contribution in [0.15, 0.2) is 17.3 Å². The Morgan fingerprint density at radius 2 is 2.22 bits per heavy atom. The van der Waals surface area contributed by atoms with Crippen LogP contribution in [-0.2, 0) is 0 Å². The van der Waals surface area contributed by atoms with E-state index in [0.717, 1.165) is 13.0 Å². The van der Waals surface area contributed by atoms with Gasteiger partial charge in [0, 0.05) is 13.8 Å². The molecule has 0 unspecified atom stereocenters. The number of hydrogen-bond acceptors (Lipinski definition) is 2. The van der Waals surface area contributed by atoms with Crippen LogP contribution in [0.5, 0.6) is 0 Å². The van der Waals surface area contributed by atoms with Gasteiger partial charge in [-0.3, -0.25) is 5.01 Å². The molecule has 0 aromatic carbocycles. The molecule has 0 amide bonds. The van der Waals surface area contributed by atoms with Crippen molar-refractivity contribution in [1.82, 2.24) is 5.01 Å². The van der Waals surface area contributed by atoms with Crippen molar-refractivity contribution < 1.29 is 0 Å². The molecule has 0 aliphatic carbocycles. The van der Waals surface area contributed by atoms with Gasteiger partial charge in [0.1, 0.15) is 0 Å². The van der Waals surface area contributed by atoms with Crippen molar-refractivity contribution >= 4 is 6.72 Å². The quantitative estimate of drug-likeness (QED) is 0.316.